The SMILES string of the molecule is Cc1ccc(C=C(C#N)C(=O)O)s1. The standard InChI is InChI=1S/C9H7NO2S/c1-6-2-3-8(13-6)4-7(5-10)9(11)12/h2-4H,1H3,(H,11,12). The molecule has 0 spiro atoms. The van der Waals surface area contributed by atoms with E-state index in [4.69, 9.17) is 10.4 Å². The molecule has 0 saturated heterocycles. The summed E-state index contributed by atoms with van der Waals surface area (Å²) in [4.78, 5) is 12.3. The number of carbonyl (C=O) groups is 1. The van der Waals surface area contributed by atoms with Crippen molar-refractivity contribution in [1.29, 1.82) is 5.26 Å². The molecule has 0 aliphatic rings. The second kappa shape index (κ2) is 3.87. The average molecular weight is 193 g/mol. The lowest BCUT2D eigenvalue weighted by molar-refractivity contribution is -0.132. The first-order valence-electron chi connectivity index (χ1n) is 3.55. The van der Waals surface area contributed by atoms with E-state index in [1.807, 2.05) is 13.0 Å². The molecule has 4 heteroatoms. The highest BCUT2D eigenvalue weighted by Crippen LogP contribution is 2.18. The van der Waals surface area contributed by atoms with Gasteiger partial charge in [-0.2, -0.15) is 5.26 Å². The Kier molecular flexibility index (Phi) is 2.83. The van der Waals surface area contributed by atoms with Crippen LogP contribution in [0.15, 0.2) is 17.7 Å². The van der Waals surface area contributed by atoms with Gasteiger partial charge in [0.1, 0.15) is 11.6 Å². The monoisotopic (exact) mass is 193 g/mol. The van der Waals surface area contributed by atoms with Gasteiger partial charge in [0.25, 0.3) is 0 Å². The van der Waals surface area contributed by atoms with Crippen LogP contribution in [0.25, 0.3) is 6.08 Å². The van der Waals surface area contributed by atoms with Gasteiger partial charge in [0, 0.05) is 9.75 Å². The van der Waals surface area contributed by atoms with Crippen molar-refractivity contribution >= 4 is 23.4 Å². The van der Waals surface area contributed by atoms with E-state index >= 15 is 0 Å². The van der Waals surface area contributed by atoms with Gasteiger partial charge in [-0.05, 0) is 25.1 Å². The maximum Gasteiger partial charge on any atom is 0.346 e. The van der Waals surface area contributed by atoms with Crippen LogP contribution >= 0.6 is 11.3 Å². The van der Waals surface area contributed by atoms with Crippen LogP contribution in [0.4, 0.5) is 0 Å². The summed E-state index contributed by atoms with van der Waals surface area (Å²) in [6, 6.07) is 5.30. The zero-order valence-corrected chi connectivity index (χ0v) is 7.76. The van der Waals surface area contributed by atoms with Gasteiger partial charge in [-0.3, -0.25) is 0 Å². The Morgan fingerprint density at radius 1 is 1.69 bits per heavy atom. The molecule has 0 fully saturated rings. The van der Waals surface area contributed by atoms with Crippen molar-refractivity contribution < 1.29 is 9.90 Å². The molecule has 13 heavy (non-hydrogen) atoms. The topological polar surface area (TPSA) is 61.1 Å². The molecule has 66 valence electrons. The number of aliphatic carboxylic acids is 1. The smallest absolute Gasteiger partial charge is 0.346 e. The molecule has 1 N–H and O–H groups in total. The number of thiophene rings is 1. The molecule has 0 aromatic carbocycles. The van der Waals surface area contributed by atoms with Crippen molar-refractivity contribution in [2.75, 3.05) is 0 Å². The molecule has 0 atom stereocenters. The van der Waals surface area contributed by atoms with Gasteiger partial charge in [0.2, 0.25) is 0 Å². The van der Waals surface area contributed by atoms with E-state index in [-0.39, 0.29) is 5.57 Å². The molecule has 1 heterocycles. The van der Waals surface area contributed by atoms with E-state index < -0.39 is 5.97 Å². The van der Waals surface area contributed by atoms with Crippen LogP contribution in [0.1, 0.15) is 9.75 Å². The third-order valence-electron chi connectivity index (χ3n) is 1.40. The first kappa shape index (κ1) is 9.49. The third-order valence-corrected chi connectivity index (χ3v) is 2.35. The molecule has 0 unspecified atom stereocenters. The lowest BCUT2D eigenvalue weighted by Crippen LogP contribution is -1.96. The molecule has 3 nitrogen and oxygen atoms in total. The van der Waals surface area contributed by atoms with Crippen LogP contribution in [0.5, 0.6) is 0 Å². The number of hydrogen-bond donors (Lipinski definition) is 1. The Hall–Kier alpha value is -1.60. The van der Waals surface area contributed by atoms with Gasteiger partial charge in [-0.1, -0.05) is 0 Å². The summed E-state index contributed by atoms with van der Waals surface area (Å²) in [5, 5.41) is 17.0. The Morgan fingerprint density at radius 3 is 2.77 bits per heavy atom. The Bertz CT molecular complexity index is 398. The highest BCUT2D eigenvalue weighted by atomic mass is 32.1. The van der Waals surface area contributed by atoms with E-state index in [9.17, 15) is 4.79 Å². The second-order valence-corrected chi connectivity index (χ2v) is 3.74. The highest BCUT2D eigenvalue weighted by molar-refractivity contribution is 7.12. The average Bonchev–Trinajstić information content (AvgIpc) is 2.46. The van der Waals surface area contributed by atoms with Gasteiger partial charge in [-0.25, -0.2) is 4.79 Å². The molecule has 1 aromatic heterocycles. The Morgan fingerprint density at radius 2 is 2.38 bits per heavy atom. The zero-order chi connectivity index (χ0) is 9.84. The number of rotatable bonds is 2. The first-order chi connectivity index (χ1) is 6.13. The molecule has 0 radical (unpaired) electrons. The summed E-state index contributed by atoms with van der Waals surface area (Å²) < 4.78 is 0. The molecule has 0 aliphatic carbocycles. The fourth-order valence-corrected chi connectivity index (χ4v) is 1.64. The molecular formula is C9H7NO2S. The summed E-state index contributed by atoms with van der Waals surface area (Å²) in [7, 11) is 0. The van der Waals surface area contributed by atoms with Crippen molar-refractivity contribution in [3.63, 3.8) is 0 Å². The molecular weight excluding hydrogens is 186 g/mol. The molecule has 0 saturated carbocycles. The number of carboxylic acids is 1. The van der Waals surface area contributed by atoms with Crippen LogP contribution < -0.4 is 0 Å². The normalized spacial score (nSPS) is 10.9. The number of nitrogens with zero attached hydrogens (tertiary/aromatic N) is 1. The summed E-state index contributed by atoms with van der Waals surface area (Å²) in [5.41, 5.74) is -0.234. The van der Waals surface area contributed by atoms with E-state index in [0.29, 0.717) is 0 Å². The molecule has 1 rings (SSSR count). The quantitative estimate of drug-likeness (QED) is 0.577. The largest absolute Gasteiger partial charge is 0.477 e. The highest BCUT2D eigenvalue weighted by Gasteiger charge is 2.05. The maximum absolute atomic E-state index is 10.5. The number of nitriles is 1. The van der Waals surface area contributed by atoms with E-state index in [1.54, 1.807) is 12.1 Å². The van der Waals surface area contributed by atoms with Crippen LogP contribution in [0, 0.1) is 18.3 Å². The van der Waals surface area contributed by atoms with Gasteiger partial charge in [0.05, 0.1) is 0 Å². The van der Waals surface area contributed by atoms with Crippen molar-refractivity contribution in [1.82, 2.24) is 0 Å². The predicted octanol–water partition coefficient (Wildman–Crippen LogP) is 2.05. The Balaban J connectivity index is 3.00. The van der Waals surface area contributed by atoms with Crippen LogP contribution in [0.3, 0.4) is 0 Å². The van der Waals surface area contributed by atoms with Gasteiger partial charge >= 0.3 is 5.97 Å². The maximum atomic E-state index is 10.5. The van der Waals surface area contributed by atoms with E-state index in [0.717, 1.165) is 9.75 Å². The molecule has 0 bridgehead atoms. The summed E-state index contributed by atoms with van der Waals surface area (Å²) in [6.45, 7) is 1.93. The summed E-state index contributed by atoms with van der Waals surface area (Å²) in [5.74, 6) is -1.19. The Labute approximate surface area is 79.6 Å². The minimum Gasteiger partial charge on any atom is -0.477 e. The van der Waals surface area contributed by atoms with Crippen LogP contribution in [-0.4, -0.2) is 11.1 Å². The number of aryl methyl sites for hydroxylation is 1. The first-order valence-corrected chi connectivity index (χ1v) is 4.36. The minimum atomic E-state index is -1.19. The van der Waals surface area contributed by atoms with E-state index in [1.165, 1.54) is 17.4 Å². The van der Waals surface area contributed by atoms with Crippen molar-refractivity contribution in [2.45, 2.75) is 6.92 Å². The minimum absolute atomic E-state index is 0.234. The number of carboxylic acid groups (broad SMARTS) is 1. The molecule has 0 amide bonds. The van der Waals surface area contributed by atoms with Gasteiger partial charge in [-0.15, -0.1) is 11.3 Å². The summed E-state index contributed by atoms with van der Waals surface area (Å²) >= 11 is 1.46. The fourth-order valence-electron chi connectivity index (χ4n) is 0.815. The lowest BCUT2D eigenvalue weighted by Gasteiger charge is -1.87. The van der Waals surface area contributed by atoms with Crippen LogP contribution in [0.2, 0.25) is 0 Å². The third kappa shape index (κ3) is 2.42. The van der Waals surface area contributed by atoms with Crippen molar-refractivity contribution in [3.8, 4) is 6.07 Å². The summed E-state index contributed by atoms with van der Waals surface area (Å²) in [6.07, 6.45) is 1.38. The molecule has 0 aliphatic heterocycles. The predicted molar refractivity (Wildman–Crippen MR) is 50.3 cm³/mol. The second-order valence-electron chi connectivity index (χ2n) is 2.42. The van der Waals surface area contributed by atoms with Gasteiger partial charge < -0.3 is 5.11 Å². The number of hydrogen-bond acceptors (Lipinski definition) is 3. The van der Waals surface area contributed by atoms with Crippen molar-refractivity contribution in [3.05, 3.63) is 27.5 Å². The van der Waals surface area contributed by atoms with E-state index in [2.05, 4.69) is 0 Å². The lowest BCUT2D eigenvalue weighted by atomic mass is 10.2. The van der Waals surface area contributed by atoms with Crippen LogP contribution in [-0.2, 0) is 4.79 Å². The van der Waals surface area contributed by atoms with Gasteiger partial charge in [0.15, 0.2) is 0 Å². The fraction of sp³-hybridized carbons (Fsp3) is 0.111. The van der Waals surface area contributed by atoms with Crippen molar-refractivity contribution in [2.24, 2.45) is 0 Å². The zero-order valence-electron chi connectivity index (χ0n) is 6.94. The molecule has 1 aromatic rings.